The van der Waals surface area contributed by atoms with E-state index in [9.17, 15) is 4.79 Å². The second-order valence-corrected chi connectivity index (χ2v) is 5.63. The van der Waals surface area contributed by atoms with Crippen molar-refractivity contribution in [2.24, 2.45) is 5.73 Å². The van der Waals surface area contributed by atoms with Crippen LogP contribution in [0.2, 0.25) is 0 Å². The zero-order valence-electron chi connectivity index (χ0n) is 9.19. The molecule has 0 saturated heterocycles. The smallest absolute Gasteiger partial charge is 0.321 e. The van der Waals surface area contributed by atoms with Gasteiger partial charge in [0.2, 0.25) is 0 Å². The molecule has 0 fully saturated rings. The highest BCUT2D eigenvalue weighted by molar-refractivity contribution is 8.00. The number of nitrogens with zero attached hydrogens (tertiary/aromatic N) is 1. The summed E-state index contributed by atoms with van der Waals surface area (Å²) in [6.45, 7) is 3.67. The number of hydrogen-bond acceptors (Lipinski definition) is 4. The molecule has 86 valence electrons. The number of carboxylic acids is 1. The molecule has 0 aromatic carbocycles. The summed E-state index contributed by atoms with van der Waals surface area (Å²) in [5.41, 5.74) is 5.56. The number of nitrogens with two attached hydrogens (primary N) is 1. The lowest BCUT2D eigenvalue weighted by Gasteiger charge is -2.27. The van der Waals surface area contributed by atoms with Crippen LogP contribution in [0.1, 0.15) is 33.1 Å². The maximum atomic E-state index is 10.7. The zero-order valence-corrected chi connectivity index (χ0v) is 10.0. The van der Waals surface area contributed by atoms with E-state index in [1.807, 2.05) is 13.8 Å². The molecule has 4 nitrogen and oxygen atoms in total. The first-order chi connectivity index (χ1) is 6.91. The first-order valence-electron chi connectivity index (χ1n) is 4.91. The second-order valence-electron chi connectivity index (χ2n) is 3.88. The van der Waals surface area contributed by atoms with Gasteiger partial charge in [0.25, 0.3) is 0 Å². The van der Waals surface area contributed by atoms with E-state index in [-0.39, 0.29) is 0 Å². The first kappa shape index (κ1) is 14.3. The van der Waals surface area contributed by atoms with Crippen molar-refractivity contribution < 1.29 is 9.90 Å². The molecule has 0 bridgehead atoms. The summed E-state index contributed by atoms with van der Waals surface area (Å²) in [6, 6.07) is 1.23. The van der Waals surface area contributed by atoms with Crippen molar-refractivity contribution in [1.82, 2.24) is 0 Å². The Labute approximate surface area is 94.8 Å². The quantitative estimate of drug-likeness (QED) is 0.649. The molecule has 3 N–H and O–H groups in total. The predicted octanol–water partition coefficient (Wildman–Crippen LogP) is 1.60. The van der Waals surface area contributed by atoms with Gasteiger partial charge in [0.15, 0.2) is 0 Å². The van der Waals surface area contributed by atoms with Gasteiger partial charge in [-0.2, -0.15) is 17.0 Å². The van der Waals surface area contributed by atoms with Crippen molar-refractivity contribution in [3.63, 3.8) is 0 Å². The molecule has 0 amide bonds. The number of carbonyl (C=O) groups is 1. The number of carboxylic acid groups (broad SMARTS) is 1. The maximum Gasteiger partial charge on any atom is 0.321 e. The fourth-order valence-electron chi connectivity index (χ4n) is 1.03. The van der Waals surface area contributed by atoms with E-state index in [0.29, 0.717) is 6.42 Å². The fourth-order valence-corrected chi connectivity index (χ4v) is 2.18. The highest BCUT2D eigenvalue weighted by Crippen LogP contribution is 2.28. The molecular formula is C10H18N2O2S. The Morgan fingerprint density at radius 2 is 2.20 bits per heavy atom. The van der Waals surface area contributed by atoms with Crippen molar-refractivity contribution in [3.8, 4) is 6.07 Å². The molecular weight excluding hydrogens is 212 g/mol. The molecule has 5 heteroatoms. The predicted molar refractivity (Wildman–Crippen MR) is 61.6 cm³/mol. The molecule has 0 unspecified atom stereocenters. The number of aliphatic carboxylic acids is 1. The Kier molecular flexibility index (Phi) is 6.37. The van der Waals surface area contributed by atoms with Gasteiger partial charge in [-0.3, -0.25) is 4.79 Å². The third-order valence-electron chi connectivity index (χ3n) is 2.17. The summed E-state index contributed by atoms with van der Waals surface area (Å²) in [4.78, 5) is 10.7. The number of nitriles is 1. The lowest BCUT2D eigenvalue weighted by Crippen LogP contribution is -2.46. The summed E-state index contributed by atoms with van der Waals surface area (Å²) in [5, 5.41) is 17.1. The SMILES string of the molecule is CC(C)(SCCCCC#N)[C@H](N)C(=O)O. The molecule has 0 radical (unpaired) electrons. The van der Waals surface area contributed by atoms with Crippen molar-refractivity contribution in [2.45, 2.75) is 43.9 Å². The third-order valence-corrected chi connectivity index (χ3v) is 3.66. The first-order valence-corrected chi connectivity index (χ1v) is 5.89. The topological polar surface area (TPSA) is 87.1 Å². The zero-order chi connectivity index (χ0) is 11.9. The van der Waals surface area contributed by atoms with Crippen LogP contribution in [0.5, 0.6) is 0 Å². The Hall–Kier alpha value is -0.730. The monoisotopic (exact) mass is 230 g/mol. The Bertz CT molecular complexity index is 248. The number of thioether (sulfide) groups is 1. The molecule has 0 spiro atoms. The van der Waals surface area contributed by atoms with Crippen LogP contribution in [0.25, 0.3) is 0 Å². The highest BCUT2D eigenvalue weighted by Gasteiger charge is 2.32. The van der Waals surface area contributed by atoms with Crippen molar-refractivity contribution in [1.29, 1.82) is 5.26 Å². The van der Waals surface area contributed by atoms with E-state index >= 15 is 0 Å². The van der Waals surface area contributed by atoms with E-state index in [2.05, 4.69) is 6.07 Å². The van der Waals surface area contributed by atoms with Gasteiger partial charge in [-0.05, 0) is 32.4 Å². The summed E-state index contributed by atoms with van der Waals surface area (Å²) >= 11 is 1.55. The van der Waals surface area contributed by atoms with E-state index in [4.69, 9.17) is 16.1 Å². The molecule has 0 saturated carbocycles. The maximum absolute atomic E-state index is 10.7. The van der Waals surface area contributed by atoms with Crippen LogP contribution < -0.4 is 5.73 Å². The van der Waals surface area contributed by atoms with E-state index in [1.165, 1.54) is 0 Å². The molecule has 15 heavy (non-hydrogen) atoms. The molecule has 1 atom stereocenters. The molecule has 0 heterocycles. The highest BCUT2D eigenvalue weighted by atomic mass is 32.2. The number of hydrogen-bond donors (Lipinski definition) is 2. The van der Waals surface area contributed by atoms with Gasteiger partial charge in [-0.25, -0.2) is 0 Å². The summed E-state index contributed by atoms with van der Waals surface area (Å²) in [6.07, 6.45) is 2.35. The van der Waals surface area contributed by atoms with Gasteiger partial charge in [0.1, 0.15) is 6.04 Å². The normalized spacial score (nSPS) is 13.2. The van der Waals surface area contributed by atoms with Crippen LogP contribution in [-0.2, 0) is 4.79 Å². The van der Waals surface area contributed by atoms with Crippen molar-refractivity contribution >= 4 is 17.7 Å². The lowest BCUT2D eigenvalue weighted by atomic mass is 10.1. The van der Waals surface area contributed by atoms with Crippen LogP contribution in [-0.4, -0.2) is 27.6 Å². The molecule has 0 aliphatic heterocycles. The minimum atomic E-state index is -0.968. The molecule has 0 aromatic heterocycles. The Morgan fingerprint density at radius 3 is 2.67 bits per heavy atom. The van der Waals surface area contributed by atoms with Gasteiger partial charge >= 0.3 is 5.97 Å². The summed E-state index contributed by atoms with van der Waals surface area (Å²) < 4.78 is -0.460. The van der Waals surface area contributed by atoms with Crippen LogP contribution >= 0.6 is 11.8 Å². The number of rotatable bonds is 7. The molecule has 0 aromatic rings. The molecule has 0 aliphatic carbocycles. The van der Waals surface area contributed by atoms with E-state index in [0.717, 1.165) is 18.6 Å². The third kappa shape index (κ3) is 5.65. The summed E-state index contributed by atoms with van der Waals surface area (Å²) in [5.74, 6) is -0.125. The molecule has 0 aliphatic rings. The number of unbranched alkanes of at least 4 members (excludes halogenated alkanes) is 2. The Balaban J connectivity index is 3.84. The van der Waals surface area contributed by atoms with Gasteiger partial charge in [-0.1, -0.05) is 0 Å². The minimum absolute atomic E-state index is 0.460. The largest absolute Gasteiger partial charge is 0.480 e. The van der Waals surface area contributed by atoms with Gasteiger partial charge in [-0.15, -0.1) is 0 Å². The van der Waals surface area contributed by atoms with Crippen LogP contribution in [0.15, 0.2) is 0 Å². The second kappa shape index (κ2) is 6.70. The average Bonchev–Trinajstić information content (AvgIpc) is 2.16. The van der Waals surface area contributed by atoms with Crippen molar-refractivity contribution in [3.05, 3.63) is 0 Å². The average molecular weight is 230 g/mol. The van der Waals surface area contributed by atoms with Crippen LogP contribution in [0, 0.1) is 11.3 Å². The van der Waals surface area contributed by atoms with E-state index < -0.39 is 16.8 Å². The standard InChI is InChI=1S/C10H18N2O2S/c1-10(2,8(12)9(13)14)15-7-5-3-4-6-11/h8H,3-5,7,12H2,1-2H3,(H,13,14)/t8-/m1/s1. The van der Waals surface area contributed by atoms with Crippen LogP contribution in [0.3, 0.4) is 0 Å². The lowest BCUT2D eigenvalue weighted by molar-refractivity contribution is -0.139. The van der Waals surface area contributed by atoms with Crippen molar-refractivity contribution in [2.75, 3.05) is 5.75 Å². The fraction of sp³-hybridized carbons (Fsp3) is 0.800. The van der Waals surface area contributed by atoms with E-state index in [1.54, 1.807) is 11.8 Å². The van der Waals surface area contributed by atoms with Gasteiger partial charge in [0, 0.05) is 11.2 Å². The van der Waals surface area contributed by atoms with Gasteiger partial charge < -0.3 is 10.8 Å². The summed E-state index contributed by atoms with van der Waals surface area (Å²) in [7, 11) is 0. The minimum Gasteiger partial charge on any atom is -0.480 e. The Morgan fingerprint density at radius 1 is 1.60 bits per heavy atom. The molecule has 0 rings (SSSR count). The van der Waals surface area contributed by atoms with Gasteiger partial charge in [0.05, 0.1) is 6.07 Å². The van der Waals surface area contributed by atoms with Crippen LogP contribution in [0.4, 0.5) is 0 Å².